The summed E-state index contributed by atoms with van der Waals surface area (Å²) in [7, 11) is -3.47. The normalized spacial score (nSPS) is 18.6. The highest BCUT2D eigenvalue weighted by Crippen LogP contribution is 2.25. The summed E-state index contributed by atoms with van der Waals surface area (Å²) in [5.41, 5.74) is 0. The fourth-order valence-electron chi connectivity index (χ4n) is 2.58. The molecule has 1 aromatic carbocycles. The molecule has 0 saturated carbocycles. The van der Waals surface area contributed by atoms with E-state index in [9.17, 15) is 13.2 Å². The number of halogens is 1. The number of hydrogen-bond acceptors (Lipinski definition) is 3. The zero-order valence-corrected chi connectivity index (χ0v) is 15.9. The highest BCUT2D eigenvalue weighted by molar-refractivity contribution is 9.10. The van der Waals surface area contributed by atoms with Gasteiger partial charge < -0.3 is 5.32 Å². The number of nitrogens with one attached hydrogen (secondary N) is 1. The summed E-state index contributed by atoms with van der Waals surface area (Å²) < 4.78 is 27.5. The van der Waals surface area contributed by atoms with E-state index < -0.39 is 10.0 Å². The molecular formula is C16H23BrN2O3S. The Hall–Kier alpha value is -0.920. The summed E-state index contributed by atoms with van der Waals surface area (Å²) in [6.07, 6.45) is 2.03. The summed E-state index contributed by atoms with van der Waals surface area (Å²) in [5, 5.41) is 2.98. The van der Waals surface area contributed by atoms with Crippen molar-refractivity contribution in [3.63, 3.8) is 0 Å². The Balaban J connectivity index is 1.98. The van der Waals surface area contributed by atoms with Crippen LogP contribution in [0.5, 0.6) is 0 Å². The molecular weight excluding hydrogens is 380 g/mol. The number of carbonyl (C=O) groups is 1. The molecule has 7 heteroatoms. The average molecular weight is 403 g/mol. The van der Waals surface area contributed by atoms with E-state index in [-0.39, 0.29) is 17.9 Å². The van der Waals surface area contributed by atoms with Crippen LogP contribution in [0.1, 0.15) is 33.1 Å². The van der Waals surface area contributed by atoms with E-state index in [1.54, 1.807) is 24.3 Å². The lowest BCUT2D eigenvalue weighted by Gasteiger charge is -2.31. The van der Waals surface area contributed by atoms with Gasteiger partial charge in [-0.3, -0.25) is 4.79 Å². The van der Waals surface area contributed by atoms with Crippen LogP contribution >= 0.6 is 15.9 Å². The maximum absolute atomic E-state index is 12.6. The predicted octanol–water partition coefficient (Wildman–Crippen LogP) is 2.76. The van der Waals surface area contributed by atoms with Crippen molar-refractivity contribution in [2.45, 2.75) is 44.0 Å². The van der Waals surface area contributed by atoms with Gasteiger partial charge in [0.2, 0.25) is 15.9 Å². The van der Waals surface area contributed by atoms with Gasteiger partial charge in [-0.2, -0.15) is 4.31 Å². The van der Waals surface area contributed by atoms with Crippen LogP contribution < -0.4 is 5.32 Å². The van der Waals surface area contributed by atoms with Gasteiger partial charge in [0.15, 0.2) is 0 Å². The minimum atomic E-state index is -3.47. The van der Waals surface area contributed by atoms with Crippen LogP contribution in [0.3, 0.4) is 0 Å². The van der Waals surface area contributed by atoms with E-state index in [1.165, 1.54) is 4.31 Å². The second-order valence-corrected chi connectivity index (χ2v) is 8.80. The molecule has 23 heavy (non-hydrogen) atoms. The highest BCUT2D eigenvalue weighted by Gasteiger charge is 2.32. The molecule has 1 fully saturated rings. The summed E-state index contributed by atoms with van der Waals surface area (Å²) >= 11 is 3.30. The first-order chi connectivity index (χ1) is 10.8. The number of amides is 1. The Morgan fingerprint density at radius 1 is 1.30 bits per heavy atom. The van der Waals surface area contributed by atoms with Crippen LogP contribution in [0, 0.1) is 5.92 Å². The van der Waals surface area contributed by atoms with Gasteiger partial charge in [-0.15, -0.1) is 0 Å². The molecule has 1 N–H and O–H groups in total. The predicted molar refractivity (Wildman–Crippen MR) is 93.5 cm³/mol. The summed E-state index contributed by atoms with van der Waals surface area (Å²) in [6, 6.07) is 6.80. The van der Waals surface area contributed by atoms with Crippen LogP contribution in [0.15, 0.2) is 33.6 Å². The number of rotatable bonds is 5. The maximum atomic E-state index is 12.6. The van der Waals surface area contributed by atoms with E-state index >= 15 is 0 Å². The molecule has 1 heterocycles. The molecule has 5 nitrogen and oxygen atoms in total. The quantitative estimate of drug-likeness (QED) is 0.822. The first-order valence-corrected chi connectivity index (χ1v) is 10.1. The fourth-order valence-corrected chi connectivity index (χ4v) is 4.31. The van der Waals surface area contributed by atoms with Gasteiger partial charge in [0.25, 0.3) is 0 Å². The number of benzene rings is 1. The number of nitrogens with zero attached hydrogens (tertiary/aromatic N) is 1. The molecule has 1 amide bonds. The van der Waals surface area contributed by atoms with Crippen LogP contribution in [0.2, 0.25) is 0 Å². The standard InChI is InChI=1S/C16H23BrN2O3S/c1-3-12(2)18-16(20)13-8-10-19(11-9-13)23(21,22)15-6-4-14(17)5-7-15/h4-7,12-13H,3,8-11H2,1-2H3,(H,18,20)/t12-/m0/s1. The lowest BCUT2D eigenvalue weighted by atomic mass is 9.97. The van der Waals surface area contributed by atoms with Gasteiger partial charge in [-0.1, -0.05) is 22.9 Å². The Bertz CT molecular complexity index is 638. The molecule has 0 bridgehead atoms. The van der Waals surface area contributed by atoms with Crippen LogP contribution in [-0.2, 0) is 14.8 Å². The molecule has 0 radical (unpaired) electrons. The molecule has 2 rings (SSSR count). The van der Waals surface area contributed by atoms with Crippen molar-refractivity contribution in [2.75, 3.05) is 13.1 Å². The lowest BCUT2D eigenvalue weighted by Crippen LogP contribution is -2.44. The first-order valence-electron chi connectivity index (χ1n) is 7.90. The number of piperidine rings is 1. The maximum Gasteiger partial charge on any atom is 0.243 e. The van der Waals surface area contributed by atoms with Crippen molar-refractivity contribution in [2.24, 2.45) is 5.92 Å². The third-order valence-corrected chi connectivity index (χ3v) is 6.72. The van der Waals surface area contributed by atoms with Crippen molar-refractivity contribution in [1.29, 1.82) is 0 Å². The summed E-state index contributed by atoms with van der Waals surface area (Å²) in [4.78, 5) is 12.4. The zero-order chi connectivity index (χ0) is 17.0. The minimum absolute atomic E-state index is 0.0417. The molecule has 0 spiro atoms. The molecule has 1 aromatic rings. The van der Waals surface area contributed by atoms with Gasteiger partial charge >= 0.3 is 0 Å². The third kappa shape index (κ3) is 4.55. The number of carbonyl (C=O) groups excluding carboxylic acids is 1. The molecule has 0 aliphatic carbocycles. The molecule has 1 atom stereocenters. The molecule has 1 aliphatic rings. The Morgan fingerprint density at radius 3 is 2.39 bits per heavy atom. The van der Waals surface area contributed by atoms with Crippen molar-refractivity contribution in [3.8, 4) is 0 Å². The monoisotopic (exact) mass is 402 g/mol. The van der Waals surface area contributed by atoms with E-state index in [4.69, 9.17) is 0 Å². The van der Waals surface area contributed by atoms with Crippen LogP contribution in [-0.4, -0.2) is 37.8 Å². The summed E-state index contributed by atoms with van der Waals surface area (Å²) in [5.74, 6) is -0.0552. The minimum Gasteiger partial charge on any atom is -0.353 e. The van der Waals surface area contributed by atoms with E-state index in [2.05, 4.69) is 21.2 Å². The van der Waals surface area contributed by atoms with E-state index in [0.29, 0.717) is 30.8 Å². The molecule has 1 saturated heterocycles. The van der Waals surface area contributed by atoms with E-state index in [0.717, 1.165) is 10.9 Å². The Labute approximate surface area is 146 Å². The van der Waals surface area contributed by atoms with Gasteiger partial charge in [0.1, 0.15) is 0 Å². The molecule has 0 unspecified atom stereocenters. The molecule has 1 aliphatic heterocycles. The number of sulfonamides is 1. The van der Waals surface area contributed by atoms with Gasteiger partial charge in [-0.25, -0.2) is 8.42 Å². The number of hydrogen-bond donors (Lipinski definition) is 1. The molecule has 0 aromatic heterocycles. The second kappa shape index (κ2) is 7.77. The Morgan fingerprint density at radius 2 is 1.87 bits per heavy atom. The van der Waals surface area contributed by atoms with Crippen molar-refractivity contribution in [3.05, 3.63) is 28.7 Å². The lowest BCUT2D eigenvalue weighted by molar-refractivity contribution is -0.126. The largest absolute Gasteiger partial charge is 0.353 e. The van der Waals surface area contributed by atoms with Gasteiger partial charge in [0.05, 0.1) is 4.90 Å². The van der Waals surface area contributed by atoms with Gasteiger partial charge in [-0.05, 0) is 50.5 Å². The SMILES string of the molecule is CC[C@H](C)NC(=O)C1CCN(S(=O)(=O)c2ccc(Br)cc2)CC1. The van der Waals surface area contributed by atoms with Gasteiger partial charge in [0, 0.05) is 29.5 Å². The highest BCUT2D eigenvalue weighted by atomic mass is 79.9. The smallest absolute Gasteiger partial charge is 0.243 e. The van der Waals surface area contributed by atoms with Crippen molar-refractivity contribution < 1.29 is 13.2 Å². The van der Waals surface area contributed by atoms with Crippen LogP contribution in [0.25, 0.3) is 0 Å². The Kier molecular flexibility index (Phi) is 6.22. The third-order valence-electron chi connectivity index (χ3n) is 4.28. The topological polar surface area (TPSA) is 66.5 Å². The first kappa shape index (κ1) is 18.4. The zero-order valence-electron chi connectivity index (χ0n) is 13.5. The molecule has 128 valence electrons. The van der Waals surface area contributed by atoms with Crippen molar-refractivity contribution in [1.82, 2.24) is 9.62 Å². The van der Waals surface area contributed by atoms with Crippen LogP contribution in [0.4, 0.5) is 0 Å². The second-order valence-electron chi connectivity index (χ2n) is 5.95. The fraction of sp³-hybridized carbons (Fsp3) is 0.562. The summed E-state index contributed by atoms with van der Waals surface area (Å²) in [6.45, 7) is 4.78. The average Bonchev–Trinajstić information content (AvgIpc) is 2.55. The van der Waals surface area contributed by atoms with E-state index in [1.807, 2.05) is 13.8 Å². The van der Waals surface area contributed by atoms with Crippen molar-refractivity contribution >= 4 is 31.9 Å².